The topological polar surface area (TPSA) is 213 Å². The molecule has 3 atom stereocenters. The largest absolute Gasteiger partial charge is 0.481 e. The summed E-state index contributed by atoms with van der Waals surface area (Å²) in [5, 5.41) is 39.1. The van der Waals surface area contributed by atoms with Gasteiger partial charge in [0.25, 0.3) is 11.6 Å². The van der Waals surface area contributed by atoms with Crippen LogP contribution in [0.25, 0.3) is 0 Å². The van der Waals surface area contributed by atoms with Crippen LogP contribution in [0.1, 0.15) is 17.8 Å². The van der Waals surface area contributed by atoms with Crippen molar-refractivity contribution in [3.8, 4) is 0 Å². The van der Waals surface area contributed by atoms with Gasteiger partial charge in [0.2, 0.25) is 11.3 Å². The number of hydrogen-bond acceptors (Lipinski definition) is 14. The third-order valence-electron chi connectivity index (χ3n) is 6.08. The summed E-state index contributed by atoms with van der Waals surface area (Å²) in [4.78, 5) is 58.4. The smallest absolute Gasteiger partial charge is 0.396 e. The summed E-state index contributed by atoms with van der Waals surface area (Å²) >= 11 is 5.96. The van der Waals surface area contributed by atoms with Gasteiger partial charge < -0.3 is 20.4 Å². The highest BCUT2D eigenvalue weighted by Gasteiger charge is 2.50. The molecule has 2 aromatic rings. The Hall–Kier alpha value is -3.36. The van der Waals surface area contributed by atoms with Crippen LogP contribution in [0.5, 0.6) is 0 Å². The molecule has 4 aliphatic heterocycles. The number of nitrogens with one attached hydrogen (secondary N) is 1. The molecule has 2 fully saturated rings. The Morgan fingerprint density at radius 3 is 2.71 bits per heavy atom. The lowest BCUT2D eigenvalue weighted by Gasteiger charge is -2.47. The van der Waals surface area contributed by atoms with Gasteiger partial charge in [-0.15, -0.1) is 31.6 Å². The molecule has 216 valence electrons. The minimum atomic E-state index is -0.951. The highest BCUT2D eigenvalue weighted by molar-refractivity contribution is 8.01. The summed E-state index contributed by atoms with van der Waals surface area (Å²) in [5.41, 5.74) is 1.33. The second kappa shape index (κ2) is 12.7. The van der Waals surface area contributed by atoms with Gasteiger partial charge in [-0.2, -0.15) is 0 Å². The maximum atomic E-state index is 12.4. The fraction of sp³-hybridized carbons (Fsp3) is 0.476. The second-order valence-corrected chi connectivity index (χ2v) is 13.6. The van der Waals surface area contributed by atoms with E-state index in [1.54, 1.807) is 28.4 Å². The van der Waals surface area contributed by atoms with Crippen LogP contribution in [0.2, 0.25) is 0 Å². The van der Waals surface area contributed by atoms with E-state index in [0.29, 0.717) is 27.9 Å². The lowest BCUT2D eigenvalue weighted by Crippen LogP contribution is -2.68. The first-order valence-corrected chi connectivity index (χ1v) is 15.9. The van der Waals surface area contributed by atoms with Crippen LogP contribution in [-0.2, 0) is 36.9 Å². The highest BCUT2D eigenvalue weighted by atomic mass is 32.2. The monoisotopic (exact) mass is 640 g/mol. The van der Waals surface area contributed by atoms with Crippen molar-refractivity contribution in [3.05, 3.63) is 23.1 Å². The summed E-state index contributed by atoms with van der Waals surface area (Å²) in [5.74, 6) is -0.257. The molecule has 41 heavy (non-hydrogen) atoms. The Morgan fingerprint density at radius 1 is 1.20 bits per heavy atom. The number of β-lactam (4-membered cyclic amide) rings is 2. The maximum Gasteiger partial charge on any atom is 0.396 e. The number of rotatable bonds is 9. The Balaban J connectivity index is 0.000000234. The number of carbonyl (C=O) groups is 5. The first-order chi connectivity index (χ1) is 19.7. The van der Waals surface area contributed by atoms with Gasteiger partial charge in [-0.1, -0.05) is 34.9 Å². The lowest BCUT2D eigenvalue weighted by atomic mass is 10.1. The van der Waals surface area contributed by atoms with Crippen LogP contribution in [0.4, 0.5) is 0 Å². The van der Waals surface area contributed by atoms with Gasteiger partial charge in [-0.25, -0.2) is 14.3 Å². The number of hydrogen-bond donors (Lipinski definition) is 3. The fourth-order valence-corrected chi connectivity index (χ4v) is 8.65. The number of tetrazole rings is 1. The van der Waals surface area contributed by atoms with E-state index in [9.17, 15) is 24.0 Å². The second-order valence-electron chi connectivity index (χ2n) is 8.90. The first-order valence-electron chi connectivity index (χ1n) is 12.0. The van der Waals surface area contributed by atoms with Crippen molar-refractivity contribution in [1.82, 2.24) is 40.6 Å². The van der Waals surface area contributed by atoms with Crippen LogP contribution in [0, 0.1) is 0 Å². The first kappa shape index (κ1) is 29.1. The fourth-order valence-electron chi connectivity index (χ4n) is 4.18. The molecule has 20 heteroatoms. The molecule has 6 rings (SSSR count). The summed E-state index contributed by atoms with van der Waals surface area (Å²) in [6.07, 6.45) is 4.02. The highest BCUT2D eigenvalue weighted by Crippen LogP contribution is 2.38. The molecule has 0 radical (unpaired) electrons. The van der Waals surface area contributed by atoms with Gasteiger partial charge in [0.1, 0.15) is 35.7 Å². The average molecular weight is 641 g/mol. The van der Waals surface area contributed by atoms with E-state index in [2.05, 4.69) is 31.0 Å². The van der Waals surface area contributed by atoms with Gasteiger partial charge in [0.15, 0.2) is 4.34 Å². The zero-order valence-corrected chi connectivity index (χ0v) is 24.2. The van der Waals surface area contributed by atoms with Crippen LogP contribution in [-0.4, -0.2) is 120 Å². The molecular weight excluding hydrogens is 619 g/mol. The molecule has 0 spiro atoms. The van der Waals surface area contributed by atoms with E-state index < -0.39 is 18.0 Å². The van der Waals surface area contributed by atoms with E-state index in [0.717, 1.165) is 17.1 Å². The zero-order chi connectivity index (χ0) is 29.1. The van der Waals surface area contributed by atoms with E-state index in [1.165, 1.54) is 38.7 Å². The Bertz CT molecular complexity index is 1430. The van der Waals surface area contributed by atoms with Gasteiger partial charge >= 0.3 is 17.8 Å². The number of carboxylic acid groups (broad SMARTS) is 2. The molecule has 0 aliphatic carbocycles. The number of carbonyl (C=O) groups excluding carboxylic acids is 3. The van der Waals surface area contributed by atoms with Crippen molar-refractivity contribution >= 4 is 82.0 Å². The zero-order valence-electron chi connectivity index (χ0n) is 21.0. The minimum absolute atomic E-state index is 0.0440. The molecule has 3 N–H and O–H groups in total. The number of aromatic nitrogens is 6. The molecule has 2 saturated heterocycles. The number of fused-ring (bicyclic) bond motifs is 2. The van der Waals surface area contributed by atoms with Crippen molar-refractivity contribution in [1.29, 1.82) is 0 Å². The van der Waals surface area contributed by atoms with Crippen LogP contribution < -0.4 is 5.32 Å². The van der Waals surface area contributed by atoms with Crippen molar-refractivity contribution in [2.24, 2.45) is 0 Å². The third-order valence-corrected chi connectivity index (χ3v) is 10.8. The van der Waals surface area contributed by atoms with E-state index in [-0.39, 0.29) is 47.1 Å². The van der Waals surface area contributed by atoms with Crippen molar-refractivity contribution in [2.75, 3.05) is 17.3 Å². The summed E-state index contributed by atoms with van der Waals surface area (Å²) < 4.78 is 3.39. The molecule has 0 saturated carbocycles. The lowest BCUT2D eigenvalue weighted by molar-refractivity contribution is -0.505. The number of thioether (sulfide) groups is 3. The summed E-state index contributed by atoms with van der Waals surface area (Å²) in [6.45, 7) is -0.0440. The molecule has 0 aromatic carbocycles. The molecule has 16 nitrogen and oxygen atoms in total. The standard InChI is InChI=1S/C14H14N8O4S3.C7H7NO3S/c23-8(3-21-6-15-19-20-21)16-11-12(26)22-2-7(4-27-13(11)22)5-28-14-18-17-9(29-14)1-10(24)25;9-5-3-6-8(5)4(7(10)11)1-2-12-6/h2,6,11,13H,1,3-5H2,(H,16,23)(H,24,25);6H,1-3H2/p+1/t11?,13-;6-/m00/s1. The van der Waals surface area contributed by atoms with Crippen molar-refractivity contribution in [2.45, 2.75) is 46.9 Å². The number of carboxylic acids is 2. The maximum absolute atomic E-state index is 12.4. The Labute approximate surface area is 248 Å². The number of nitrogens with zero attached hydrogens (tertiary/aromatic N) is 8. The van der Waals surface area contributed by atoms with Gasteiger partial charge in [0.05, 0.1) is 6.42 Å². The van der Waals surface area contributed by atoms with E-state index >= 15 is 0 Å². The normalized spacial score (nSPS) is 22.8. The van der Waals surface area contributed by atoms with Crippen LogP contribution in [0.15, 0.2) is 22.4 Å². The van der Waals surface area contributed by atoms with Crippen molar-refractivity contribution in [3.63, 3.8) is 0 Å². The van der Waals surface area contributed by atoms with Crippen molar-refractivity contribution < 1.29 is 38.8 Å². The number of aliphatic carboxylic acids is 2. The average Bonchev–Trinajstić information content (AvgIpc) is 3.61. The molecule has 2 aromatic heterocycles. The molecule has 3 amide bonds. The molecule has 1 unspecified atom stereocenters. The summed E-state index contributed by atoms with van der Waals surface area (Å²) in [7, 11) is 0. The Morgan fingerprint density at radius 2 is 2.02 bits per heavy atom. The number of amides is 3. The summed E-state index contributed by atoms with van der Waals surface area (Å²) in [6, 6.07) is -0.559. The van der Waals surface area contributed by atoms with E-state index in [1.807, 2.05) is 6.20 Å². The van der Waals surface area contributed by atoms with Gasteiger partial charge in [-0.3, -0.25) is 14.4 Å². The predicted molar refractivity (Wildman–Crippen MR) is 146 cm³/mol. The van der Waals surface area contributed by atoms with Crippen LogP contribution >= 0.6 is 46.6 Å². The molecule has 0 bridgehead atoms. The predicted octanol–water partition coefficient (Wildman–Crippen LogP) is -0.854. The van der Waals surface area contributed by atoms with Gasteiger partial charge in [-0.05, 0) is 16.0 Å². The van der Waals surface area contributed by atoms with Crippen LogP contribution in [0.3, 0.4) is 0 Å². The molecule has 6 heterocycles. The minimum Gasteiger partial charge on any atom is -0.481 e. The molecular formula is C21H22N9O7S4+. The van der Waals surface area contributed by atoms with Gasteiger partial charge in [0, 0.05) is 29.9 Å². The Kier molecular flexibility index (Phi) is 9.00. The molecule has 4 aliphatic rings. The quantitative estimate of drug-likeness (QED) is 0.173. The third kappa shape index (κ3) is 6.76. The van der Waals surface area contributed by atoms with E-state index in [4.69, 9.17) is 10.2 Å². The SMILES string of the molecule is O=C(O)C1=[N+]2C(=O)C[C@@H]2SCC1.O=C(O)Cc1nnc(SCC2=CN3C(=O)C(NC(=O)Cn4cnnn4)[C@@H]3SC2)s1.